The first-order valence-electron chi connectivity index (χ1n) is 3.70. The molecule has 1 aromatic carbocycles. The van der Waals surface area contributed by atoms with Gasteiger partial charge in [-0.15, -0.1) is 0 Å². The smallest absolute Gasteiger partial charge is 0.132 e. The highest BCUT2D eigenvalue weighted by Crippen LogP contribution is 2.03. The van der Waals surface area contributed by atoms with Crippen LogP contribution in [0.15, 0.2) is 29.3 Å². The Morgan fingerprint density at radius 3 is 2.77 bits per heavy atom. The van der Waals surface area contributed by atoms with E-state index in [9.17, 15) is 4.39 Å². The van der Waals surface area contributed by atoms with E-state index in [1.807, 2.05) is 0 Å². The number of hydrogen-bond donors (Lipinski definition) is 1. The molecule has 0 bridgehead atoms. The highest BCUT2D eigenvalue weighted by molar-refractivity contribution is 7.80. The molecule has 0 amide bonds. The van der Waals surface area contributed by atoms with Crippen molar-refractivity contribution in [2.75, 3.05) is 0 Å². The Kier molecular flexibility index (Phi) is 3.08. The van der Waals surface area contributed by atoms with Crippen molar-refractivity contribution in [1.82, 2.24) is 0 Å². The first kappa shape index (κ1) is 9.80. The number of halogens is 1. The van der Waals surface area contributed by atoms with Crippen LogP contribution < -0.4 is 5.73 Å². The molecule has 13 heavy (non-hydrogen) atoms. The Balaban J connectivity index is 3.02. The summed E-state index contributed by atoms with van der Waals surface area (Å²) in [5, 5.41) is 0. The second kappa shape index (κ2) is 4.09. The normalized spacial score (nSPS) is 11.4. The van der Waals surface area contributed by atoms with Crippen molar-refractivity contribution in [2.45, 2.75) is 6.92 Å². The number of benzene rings is 1. The van der Waals surface area contributed by atoms with Crippen molar-refractivity contribution < 1.29 is 4.39 Å². The van der Waals surface area contributed by atoms with E-state index in [2.05, 4.69) is 4.99 Å². The first-order chi connectivity index (χ1) is 6.09. The Morgan fingerprint density at radius 1 is 1.54 bits per heavy atom. The molecule has 0 aliphatic carbocycles. The molecule has 0 aromatic heterocycles. The molecule has 0 radical (unpaired) electrons. The van der Waals surface area contributed by atoms with E-state index < -0.39 is 0 Å². The molecule has 0 unspecified atom stereocenters. The van der Waals surface area contributed by atoms with Crippen molar-refractivity contribution in [3.63, 3.8) is 0 Å². The van der Waals surface area contributed by atoms with Gasteiger partial charge < -0.3 is 5.73 Å². The molecule has 1 rings (SSSR count). The molecule has 0 saturated heterocycles. The van der Waals surface area contributed by atoms with Crippen LogP contribution in [-0.4, -0.2) is 10.8 Å². The van der Waals surface area contributed by atoms with Crippen LogP contribution in [-0.2, 0) is 0 Å². The molecule has 0 spiro atoms. The average Bonchev–Trinajstić information content (AvgIpc) is 2.03. The Labute approximate surface area is 81.3 Å². The summed E-state index contributed by atoms with van der Waals surface area (Å²) in [6, 6.07) is 5.92. The van der Waals surface area contributed by atoms with Crippen LogP contribution in [0.5, 0.6) is 0 Å². The zero-order valence-electron chi connectivity index (χ0n) is 7.12. The molecule has 0 aliphatic heterocycles. The standard InChI is InChI=1S/C9H9FN2S/c1-6(13)12-9(11)7-3-2-4-8(10)5-7/h2-5H,1H3,(H2,11,12,13). The van der Waals surface area contributed by atoms with E-state index >= 15 is 0 Å². The van der Waals surface area contributed by atoms with E-state index in [1.165, 1.54) is 12.1 Å². The molecule has 2 nitrogen and oxygen atoms in total. The third-order valence-electron chi connectivity index (χ3n) is 1.40. The van der Waals surface area contributed by atoms with Crippen molar-refractivity contribution in [2.24, 2.45) is 10.7 Å². The zero-order valence-corrected chi connectivity index (χ0v) is 7.94. The maximum Gasteiger partial charge on any atom is 0.132 e. The van der Waals surface area contributed by atoms with Gasteiger partial charge in [0.1, 0.15) is 16.6 Å². The maximum absolute atomic E-state index is 12.7. The number of rotatable bonds is 1. The molecule has 4 heteroatoms. The Bertz CT molecular complexity index is 360. The molecular weight excluding hydrogens is 187 g/mol. The van der Waals surface area contributed by atoms with E-state index in [1.54, 1.807) is 19.1 Å². The molecule has 0 heterocycles. The summed E-state index contributed by atoms with van der Waals surface area (Å²) in [5.74, 6) is -0.0929. The number of amidine groups is 1. The molecule has 68 valence electrons. The van der Waals surface area contributed by atoms with Gasteiger partial charge in [0.2, 0.25) is 0 Å². The lowest BCUT2D eigenvalue weighted by atomic mass is 10.2. The quantitative estimate of drug-likeness (QED) is 0.423. The predicted molar refractivity (Wildman–Crippen MR) is 55.4 cm³/mol. The van der Waals surface area contributed by atoms with E-state index in [0.29, 0.717) is 10.6 Å². The SMILES string of the molecule is CC(=S)N=C(N)c1cccc(F)c1. The van der Waals surface area contributed by atoms with Gasteiger partial charge in [0, 0.05) is 5.56 Å². The maximum atomic E-state index is 12.7. The molecule has 0 fully saturated rings. The lowest BCUT2D eigenvalue weighted by Gasteiger charge is -1.99. The Morgan fingerprint density at radius 2 is 2.23 bits per heavy atom. The summed E-state index contributed by atoms with van der Waals surface area (Å²) in [4.78, 5) is 4.28. The lowest BCUT2D eigenvalue weighted by molar-refractivity contribution is 0.627. The van der Waals surface area contributed by atoms with Crippen LogP contribution in [0.25, 0.3) is 0 Å². The van der Waals surface area contributed by atoms with Gasteiger partial charge in [0.25, 0.3) is 0 Å². The molecule has 1 aromatic rings. The summed E-state index contributed by atoms with van der Waals surface area (Å²) >= 11 is 4.74. The minimum atomic E-state index is -0.335. The molecule has 0 saturated carbocycles. The largest absolute Gasteiger partial charge is 0.383 e. The second-order valence-electron chi connectivity index (χ2n) is 2.53. The number of thiocarbonyl (C=S) groups is 1. The van der Waals surface area contributed by atoms with Gasteiger partial charge in [0.05, 0.1) is 0 Å². The topological polar surface area (TPSA) is 38.4 Å². The monoisotopic (exact) mass is 196 g/mol. The fraction of sp³-hybridized carbons (Fsp3) is 0.111. The summed E-state index contributed by atoms with van der Waals surface area (Å²) in [6.45, 7) is 1.65. The minimum Gasteiger partial charge on any atom is -0.383 e. The number of nitrogens with zero attached hydrogens (tertiary/aromatic N) is 1. The van der Waals surface area contributed by atoms with Crippen molar-refractivity contribution in [3.8, 4) is 0 Å². The molecule has 0 aliphatic rings. The number of nitrogens with two attached hydrogens (primary N) is 1. The molecule has 2 N–H and O–H groups in total. The average molecular weight is 196 g/mol. The number of hydrogen-bond acceptors (Lipinski definition) is 1. The zero-order chi connectivity index (χ0) is 9.84. The van der Waals surface area contributed by atoms with E-state index in [-0.39, 0.29) is 11.7 Å². The predicted octanol–water partition coefficient (Wildman–Crippen LogP) is 1.88. The van der Waals surface area contributed by atoms with Gasteiger partial charge >= 0.3 is 0 Å². The van der Waals surface area contributed by atoms with Crippen LogP contribution in [0.2, 0.25) is 0 Å². The van der Waals surface area contributed by atoms with Crippen molar-refractivity contribution in [3.05, 3.63) is 35.6 Å². The van der Waals surface area contributed by atoms with Gasteiger partial charge in [-0.1, -0.05) is 24.4 Å². The molecule has 0 atom stereocenters. The van der Waals surface area contributed by atoms with Gasteiger partial charge in [-0.05, 0) is 19.1 Å². The first-order valence-corrected chi connectivity index (χ1v) is 4.11. The lowest BCUT2D eigenvalue weighted by Crippen LogP contribution is -2.14. The van der Waals surface area contributed by atoms with Crippen LogP contribution in [0.3, 0.4) is 0 Å². The van der Waals surface area contributed by atoms with Crippen LogP contribution >= 0.6 is 12.2 Å². The molecular formula is C9H9FN2S. The summed E-state index contributed by atoms with van der Waals surface area (Å²) < 4.78 is 12.7. The van der Waals surface area contributed by atoms with E-state index in [0.717, 1.165) is 0 Å². The summed E-state index contributed by atoms with van der Waals surface area (Å²) in [7, 11) is 0. The van der Waals surface area contributed by atoms with Gasteiger partial charge in [0.15, 0.2) is 0 Å². The fourth-order valence-electron chi connectivity index (χ4n) is 0.882. The van der Waals surface area contributed by atoms with Gasteiger partial charge in [-0.25, -0.2) is 9.38 Å². The summed E-state index contributed by atoms with van der Waals surface area (Å²) in [6.07, 6.45) is 0. The van der Waals surface area contributed by atoms with Crippen LogP contribution in [0.1, 0.15) is 12.5 Å². The van der Waals surface area contributed by atoms with Crippen molar-refractivity contribution >= 4 is 23.0 Å². The highest BCUT2D eigenvalue weighted by atomic mass is 32.1. The highest BCUT2D eigenvalue weighted by Gasteiger charge is 1.99. The van der Waals surface area contributed by atoms with E-state index in [4.69, 9.17) is 18.0 Å². The van der Waals surface area contributed by atoms with Crippen LogP contribution in [0.4, 0.5) is 4.39 Å². The van der Waals surface area contributed by atoms with Gasteiger partial charge in [-0.3, -0.25) is 0 Å². The second-order valence-corrected chi connectivity index (χ2v) is 3.12. The number of aliphatic imine (C=N–C) groups is 1. The summed E-state index contributed by atoms with van der Waals surface area (Å²) in [5.41, 5.74) is 6.11. The third kappa shape index (κ3) is 2.91. The van der Waals surface area contributed by atoms with Gasteiger partial charge in [-0.2, -0.15) is 0 Å². The fourth-order valence-corrected chi connectivity index (χ4v) is 0.980. The Hall–Kier alpha value is -1.29. The minimum absolute atomic E-state index is 0.243. The third-order valence-corrected chi connectivity index (χ3v) is 1.49. The van der Waals surface area contributed by atoms with Crippen LogP contribution in [0, 0.1) is 5.82 Å². The van der Waals surface area contributed by atoms with Crippen molar-refractivity contribution in [1.29, 1.82) is 0 Å².